The van der Waals surface area contributed by atoms with Gasteiger partial charge < -0.3 is 14.2 Å². The monoisotopic (exact) mass is 347 g/mol. The summed E-state index contributed by atoms with van der Waals surface area (Å²) < 4.78 is 14.2. The van der Waals surface area contributed by atoms with E-state index in [0.717, 1.165) is 31.4 Å². The molecule has 0 bridgehead atoms. The normalized spacial score (nSPS) is 23.5. The molecule has 0 N–H and O–H groups in total. The second kappa shape index (κ2) is 6.43. The molecule has 3 heterocycles. The average Bonchev–Trinajstić information content (AvgIpc) is 3.10. The fraction of sp³-hybridized carbons (Fsp3) is 0.778. The van der Waals surface area contributed by atoms with Gasteiger partial charge in [-0.2, -0.15) is 5.10 Å². The van der Waals surface area contributed by atoms with E-state index in [9.17, 15) is 4.79 Å². The van der Waals surface area contributed by atoms with Crippen LogP contribution in [0.25, 0.3) is 0 Å². The van der Waals surface area contributed by atoms with Crippen molar-refractivity contribution in [3.8, 4) is 0 Å². The van der Waals surface area contributed by atoms with E-state index in [1.807, 2.05) is 35.8 Å². The van der Waals surface area contributed by atoms with E-state index in [1.165, 1.54) is 0 Å². The Morgan fingerprint density at radius 2 is 1.76 bits per heavy atom. The van der Waals surface area contributed by atoms with Gasteiger partial charge in [-0.25, -0.2) is 0 Å². The first-order valence-corrected chi connectivity index (χ1v) is 9.29. The predicted octanol–water partition coefficient (Wildman–Crippen LogP) is 2.00. The Bertz CT molecular complexity index is 617. The summed E-state index contributed by atoms with van der Waals surface area (Å²) >= 11 is 0. The van der Waals surface area contributed by atoms with Gasteiger partial charge in [0.25, 0.3) is 0 Å². The Hall–Kier alpha value is -1.34. The zero-order valence-electron chi connectivity index (χ0n) is 16.3. The fourth-order valence-corrected chi connectivity index (χ4v) is 3.37. The topological polar surface area (TPSA) is 56.6 Å². The average molecular weight is 347 g/mol. The molecule has 25 heavy (non-hydrogen) atoms. The molecule has 2 saturated heterocycles. The van der Waals surface area contributed by atoms with Gasteiger partial charge in [0.1, 0.15) is 0 Å². The van der Waals surface area contributed by atoms with E-state index in [-0.39, 0.29) is 30.1 Å². The minimum absolute atomic E-state index is 0.0660. The van der Waals surface area contributed by atoms with Crippen molar-refractivity contribution in [3.05, 3.63) is 12.4 Å². The highest BCUT2D eigenvalue weighted by Gasteiger charge is 2.52. The third kappa shape index (κ3) is 3.49. The van der Waals surface area contributed by atoms with Crippen LogP contribution in [0, 0.1) is 5.92 Å². The quantitative estimate of drug-likeness (QED) is 0.785. The molecule has 3 rings (SSSR count). The van der Waals surface area contributed by atoms with Crippen LogP contribution >= 0.6 is 0 Å². The van der Waals surface area contributed by atoms with Crippen molar-refractivity contribution in [2.75, 3.05) is 13.1 Å². The highest BCUT2D eigenvalue weighted by Crippen LogP contribution is 2.36. The molecule has 0 spiro atoms. The maximum absolute atomic E-state index is 12.1. The van der Waals surface area contributed by atoms with Crippen molar-refractivity contribution in [1.29, 1.82) is 0 Å². The largest absolute Gasteiger partial charge is 0.498 e. The van der Waals surface area contributed by atoms with Gasteiger partial charge in [-0.05, 0) is 40.5 Å². The Morgan fingerprint density at radius 1 is 1.20 bits per heavy atom. The predicted molar refractivity (Wildman–Crippen MR) is 97.6 cm³/mol. The Labute approximate surface area is 151 Å². The van der Waals surface area contributed by atoms with E-state index < -0.39 is 0 Å². The number of likely N-dealkylation sites (tertiary alicyclic amines) is 1. The molecular weight excluding hydrogens is 317 g/mol. The molecule has 1 aromatic heterocycles. The van der Waals surface area contributed by atoms with Crippen LogP contribution in [0.4, 0.5) is 0 Å². The minimum atomic E-state index is -0.374. The molecule has 0 saturated carbocycles. The molecule has 0 radical (unpaired) electrons. The van der Waals surface area contributed by atoms with Crippen LogP contribution in [-0.4, -0.2) is 52.0 Å². The lowest BCUT2D eigenvalue weighted by atomic mass is 9.82. The molecule has 7 heteroatoms. The van der Waals surface area contributed by atoms with Crippen LogP contribution in [0.5, 0.6) is 0 Å². The molecule has 0 unspecified atom stereocenters. The first-order chi connectivity index (χ1) is 11.6. The van der Waals surface area contributed by atoms with Gasteiger partial charge in [0.05, 0.1) is 17.2 Å². The second-order valence-corrected chi connectivity index (χ2v) is 8.55. The summed E-state index contributed by atoms with van der Waals surface area (Å²) in [4.78, 5) is 14.1. The SMILES string of the molecule is CC(C)C(=O)N1CCC(n2cc(B3OC(C)(C)C(C)(C)O3)cn2)CC1. The van der Waals surface area contributed by atoms with E-state index in [2.05, 4.69) is 32.8 Å². The molecule has 0 atom stereocenters. The van der Waals surface area contributed by atoms with Gasteiger partial charge in [-0.1, -0.05) is 13.8 Å². The van der Waals surface area contributed by atoms with E-state index >= 15 is 0 Å². The first-order valence-electron chi connectivity index (χ1n) is 9.29. The summed E-state index contributed by atoms with van der Waals surface area (Å²) in [5, 5.41) is 4.54. The molecule has 2 aliphatic rings. The van der Waals surface area contributed by atoms with Gasteiger partial charge in [-0.15, -0.1) is 0 Å². The molecule has 0 aliphatic carbocycles. The molecule has 2 aliphatic heterocycles. The van der Waals surface area contributed by atoms with Crippen LogP contribution in [0.15, 0.2) is 12.4 Å². The fourth-order valence-electron chi connectivity index (χ4n) is 3.37. The zero-order valence-corrected chi connectivity index (χ0v) is 16.3. The number of nitrogens with zero attached hydrogens (tertiary/aromatic N) is 3. The number of hydrogen-bond donors (Lipinski definition) is 0. The lowest BCUT2D eigenvalue weighted by Crippen LogP contribution is -2.41. The van der Waals surface area contributed by atoms with Crippen LogP contribution in [0.1, 0.15) is 60.4 Å². The number of carbonyl (C=O) groups excluding carboxylic acids is 1. The van der Waals surface area contributed by atoms with Gasteiger partial charge >= 0.3 is 7.12 Å². The lowest BCUT2D eigenvalue weighted by Gasteiger charge is -2.33. The molecule has 2 fully saturated rings. The van der Waals surface area contributed by atoms with Crippen molar-refractivity contribution in [1.82, 2.24) is 14.7 Å². The Kier molecular flexibility index (Phi) is 4.75. The second-order valence-electron chi connectivity index (χ2n) is 8.55. The molecule has 138 valence electrons. The summed E-state index contributed by atoms with van der Waals surface area (Å²) in [5.41, 5.74) is 0.268. The van der Waals surface area contributed by atoms with Gasteiger partial charge in [0, 0.05) is 36.9 Å². The number of piperidine rings is 1. The molecule has 1 aromatic rings. The third-order valence-electron chi connectivity index (χ3n) is 5.79. The minimum Gasteiger partial charge on any atom is -0.399 e. The maximum atomic E-state index is 12.1. The molecular formula is C18H30BN3O3. The van der Waals surface area contributed by atoms with Crippen LogP contribution < -0.4 is 5.46 Å². The first kappa shape index (κ1) is 18.5. The maximum Gasteiger partial charge on any atom is 0.498 e. The lowest BCUT2D eigenvalue weighted by molar-refractivity contribution is -0.135. The number of rotatable bonds is 3. The van der Waals surface area contributed by atoms with E-state index in [0.29, 0.717) is 6.04 Å². The van der Waals surface area contributed by atoms with Crippen LogP contribution in [0.2, 0.25) is 0 Å². The van der Waals surface area contributed by atoms with Crippen molar-refractivity contribution in [2.45, 2.75) is 71.6 Å². The highest BCUT2D eigenvalue weighted by atomic mass is 16.7. The van der Waals surface area contributed by atoms with Crippen molar-refractivity contribution < 1.29 is 14.1 Å². The zero-order chi connectivity index (χ0) is 18.4. The third-order valence-corrected chi connectivity index (χ3v) is 5.79. The Morgan fingerprint density at radius 3 is 2.28 bits per heavy atom. The summed E-state index contributed by atoms with van der Waals surface area (Å²) in [6, 6.07) is 0.326. The van der Waals surface area contributed by atoms with Gasteiger partial charge in [0.15, 0.2) is 0 Å². The van der Waals surface area contributed by atoms with Crippen molar-refractivity contribution in [3.63, 3.8) is 0 Å². The number of amides is 1. The smallest absolute Gasteiger partial charge is 0.399 e. The highest BCUT2D eigenvalue weighted by molar-refractivity contribution is 6.62. The summed E-state index contributed by atoms with van der Waals surface area (Å²) in [6.07, 6.45) is 5.74. The van der Waals surface area contributed by atoms with E-state index in [1.54, 1.807) is 0 Å². The van der Waals surface area contributed by atoms with Gasteiger partial charge in [0.2, 0.25) is 5.91 Å². The summed E-state index contributed by atoms with van der Waals surface area (Å²) in [5.74, 6) is 0.313. The molecule has 6 nitrogen and oxygen atoms in total. The van der Waals surface area contributed by atoms with Crippen LogP contribution in [0.3, 0.4) is 0 Å². The van der Waals surface area contributed by atoms with Crippen LogP contribution in [-0.2, 0) is 14.1 Å². The van der Waals surface area contributed by atoms with Gasteiger partial charge in [-0.3, -0.25) is 9.48 Å². The van der Waals surface area contributed by atoms with Crippen molar-refractivity contribution >= 4 is 18.5 Å². The summed E-state index contributed by atoms with van der Waals surface area (Å²) in [6.45, 7) is 13.7. The molecule has 0 aromatic carbocycles. The summed E-state index contributed by atoms with van der Waals surface area (Å²) in [7, 11) is -0.374. The Balaban J connectivity index is 1.63. The molecule has 1 amide bonds. The number of aromatic nitrogens is 2. The standard InChI is InChI=1S/C18H30BN3O3/c1-13(2)16(23)21-9-7-15(8-10-21)22-12-14(11-20-22)19-24-17(3,4)18(5,6)25-19/h11-13,15H,7-10H2,1-6H3. The number of carbonyl (C=O) groups is 1. The number of hydrogen-bond acceptors (Lipinski definition) is 4. The van der Waals surface area contributed by atoms with Crippen molar-refractivity contribution in [2.24, 2.45) is 5.92 Å². The van der Waals surface area contributed by atoms with E-state index in [4.69, 9.17) is 9.31 Å².